The molecule has 0 aromatic carbocycles. The molecule has 0 saturated heterocycles. The minimum atomic E-state index is -0.459. The van der Waals surface area contributed by atoms with Crippen molar-refractivity contribution >= 4 is 21.9 Å². The van der Waals surface area contributed by atoms with Crippen molar-refractivity contribution < 1.29 is 13.9 Å². The molecule has 60 valence electrons. The molecule has 1 rings (SSSR count). The number of carbonyl (C=O) groups excluding carboxylic acids is 1. The minimum Gasteiger partial charge on any atom is -0.463 e. The molecule has 0 aliphatic heterocycles. The van der Waals surface area contributed by atoms with Gasteiger partial charge in [-0.1, -0.05) is 0 Å². The molecule has 3 nitrogen and oxygen atoms in total. The van der Waals surface area contributed by atoms with E-state index in [0.29, 0.717) is 5.76 Å². The molecular weight excluding hydrogens is 212 g/mol. The van der Waals surface area contributed by atoms with Crippen molar-refractivity contribution in [3.05, 3.63) is 22.1 Å². The summed E-state index contributed by atoms with van der Waals surface area (Å²) >= 11 is 3.21. The highest BCUT2D eigenvalue weighted by Crippen LogP contribution is 2.20. The molecule has 0 radical (unpaired) electrons. The summed E-state index contributed by atoms with van der Waals surface area (Å²) in [5.74, 6) is 0.432. The van der Waals surface area contributed by atoms with E-state index in [1.807, 2.05) is 0 Å². The zero-order chi connectivity index (χ0) is 8.43. The summed E-state index contributed by atoms with van der Waals surface area (Å²) in [6, 6.07) is 1.58. The standard InChI is InChI=1S/C7H7BrO3/c1-4-5(8)3-6(11-4)7(9)10-2/h3H,1-2H3. The Morgan fingerprint density at radius 2 is 2.36 bits per heavy atom. The average molecular weight is 219 g/mol. The maximum Gasteiger partial charge on any atom is 0.373 e. The topological polar surface area (TPSA) is 39.4 Å². The highest BCUT2D eigenvalue weighted by atomic mass is 79.9. The Bertz CT molecular complexity index is 258. The summed E-state index contributed by atoms with van der Waals surface area (Å²) in [5.41, 5.74) is 0. The normalized spacial score (nSPS) is 9.73. The molecule has 11 heavy (non-hydrogen) atoms. The first-order valence-electron chi connectivity index (χ1n) is 2.99. The maximum atomic E-state index is 10.8. The van der Waals surface area contributed by atoms with Crippen LogP contribution in [0.3, 0.4) is 0 Å². The van der Waals surface area contributed by atoms with Crippen LogP contribution in [0.4, 0.5) is 0 Å². The Morgan fingerprint density at radius 1 is 1.73 bits per heavy atom. The van der Waals surface area contributed by atoms with Crippen LogP contribution in [0.15, 0.2) is 15.0 Å². The molecule has 0 amide bonds. The summed E-state index contributed by atoms with van der Waals surface area (Å²) in [7, 11) is 1.31. The van der Waals surface area contributed by atoms with Gasteiger partial charge in [0.05, 0.1) is 11.6 Å². The number of aryl methyl sites for hydroxylation is 1. The highest BCUT2D eigenvalue weighted by molar-refractivity contribution is 9.10. The fourth-order valence-corrected chi connectivity index (χ4v) is 0.950. The molecule has 0 fully saturated rings. The minimum absolute atomic E-state index is 0.219. The van der Waals surface area contributed by atoms with Crippen LogP contribution in [0, 0.1) is 6.92 Å². The number of hydrogen-bond donors (Lipinski definition) is 0. The third-order valence-corrected chi connectivity index (χ3v) is 2.03. The fourth-order valence-electron chi connectivity index (χ4n) is 0.661. The number of halogens is 1. The van der Waals surface area contributed by atoms with E-state index >= 15 is 0 Å². The van der Waals surface area contributed by atoms with Crippen molar-refractivity contribution in [1.82, 2.24) is 0 Å². The fraction of sp³-hybridized carbons (Fsp3) is 0.286. The van der Waals surface area contributed by atoms with E-state index in [9.17, 15) is 4.79 Å². The Morgan fingerprint density at radius 3 is 2.73 bits per heavy atom. The first kappa shape index (κ1) is 8.33. The molecule has 0 bridgehead atoms. The second-order valence-corrected chi connectivity index (χ2v) is 2.86. The average Bonchev–Trinajstić information content (AvgIpc) is 2.31. The lowest BCUT2D eigenvalue weighted by Gasteiger charge is -1.90. The molecule has 0 N–H and O–H groups in total. The van der Waals surface area contributed by atoms with Gasteiger partial charge in [-0.3, -0.25) is 0 Å². The van der Waals surface area contributed by atoms with Crippen molar-refractivity contribution in [3.63, 3.8) is 0 Å². The van der Waals surface area contributed by atoms with Crippen molar-refractivity contribution in [2.45, 2.75) is 6.92 Å². The molecule has 0 saturated carbocycles. The van der Waals surface area contributed by atoms with Crippen LogP contribution in [0.2, 0.25) is 0 Å². The second-order valence-electron chi connectivity index (χ2n) is 2.01. The van der Waals surface area contributed by atoms with Crippen LogP contribution >= 0.6 is 15.9 Å². The predicted octanol–water partition coefficient (Wildman–Crippen LogP) is 2.14. The smallest absolute Gasteiger partial charge is 0.373 e. The number of hydrogen-bond acceptors (Lipinski definition) is 3. The summed E-state index contributed by atoms with van der Waals surface area (Å²) in [6.07, 6.45) is 0. The first-order valence-corrected chi connectivity index (χ1v) is 3.78. The van der Waals surface area contributed by atoms with Gasteiger partial charge in [0.2, 0.25) is 5.76 Å². The van der Waals surface area contributed by atoms with E-state index in [0.717, 1.165) is 4.47 Å². The molecule has 0 aliphatic carbocycles. The van der Waals surface area contributed by atoms with E-state index in [4.69, 9.17) is 4.42 Å². The van der Waals surface area contributed by atoms with Crippen LogP contribution in [0.5, 0.6) is 0 Å². The lowest BCUT2D eigenvalue weighted by molar-refractivity contribution is 0.0563. The molecule has 0 aliphatic rings. The van der Waals surface area contributed by atoms with E-state index in [2.05, 4.69) is 20.7 Å². The Hall–Kier alpha value is -0.770. The van der Waals surface area contributed by atoms with Gasteiger partial charge in [-0.05, 0) is 22.9 Å². The quantitative estimate of drug-likeness (QED) is 0.679. The van der Waals surface area contributed by atoms with Gasteiger partial charge in [0.25, 0.3) is 0 Å². The highest BCUT2D eigenvalue weighted by Gasteiger charge is 2.12. The van der Waals surface area contributed by atoms with Gasteiger partial charge in [-0.15, -0.1) is 0 Å². The van der Waals surface area contributed by atoms with Gasteiger partial charge < -0.3 is 9.15 Å². The third kappa shape index (κ3) is 1.63. The van der Waals surface area contributed by atoms with Crippen molar-refractivity contribution in [2.24, 2.45) is 0 Å². The SMILES string of the molecule is COC(=O)c1cc(Br)c(C)o1. The molecule has 4 heteroatoms. The lowest BCUT2D eigenvalue weighted by Crippen LogP contribution is -1.98. The molecule has 0 unspecified atom stereocenters. The van der Waals surface area contributed by atoms with Crippen LogP contribution in [0.1, 0.15) is 16.3 Å². The van der Waals surface area contributed by atoms with Crippen LogP contribution in [0.25, 0.3) is 0 Å². The zero-order valence-corrected chi connectivity index (χ0v) is 7.77. The molecule has 1 heterocycles. The number of furan rings is 1. The number of rotatable bonds is 1. The second kappa shape index (κ2) is 3.09. The van der Waals surface area contributed by atoms with Crippen molar-refractivity contribution in [2.75, 3.05) is 7.11 Å². The Labute approximate surface area is 72.5 Å². The Balaban J connectivity index is 2.97. The van der Waals surface area contributed by atoms with Crippen molar-refractivity contribution in [1.29, 1.82) is 0 Å². The summed E-state index contributed by atoms with van der Waals surface area (Å²) in [6.45, 7) is 1.76. The zero-order valence-electron chi connectivity index (χ0n) is 6.18. The van der Waals surface area contributed by atoms with Crippen LogP contribution in [-0.2, 0) is 4.74 Å². The van der Waals surface area contributed by atoms with Crippen LogP contribution in [-0.4, -0.2) is 13.1 Å². The first-order chi connectivity index (χ1) is 5.15. The predicted molar refractivity (Wildman–Crippen MR) is 42.5 cm³/mol. The van der Waals surface area contributed by atoms with Gasteiger partial charge in [0.15, 0.2) is 0 Å². The number of methoxy groups -OCH3 is 1. The molecule has 1 aromatic rings. The van der Waals surface area contributed by atoms with E-state index in [-0.39, 0.29) is 5.76 Å². The van der Waals surface area contributed by atoms with Gasteiger partial charge in [-0.2, -0.15) is 0 Å². The summed E-state index contributed by atoms with van der Waals surface area (Å²) in [5, 5.41) is 0. The largest absolute Gasteiger partial charge is 0.463 e. The van der Waals surface area contributed by atoms with E-state index in [1.54, 1.807) is 13.0 Å². The third-order valence-electron chi connectivity index (χ3n) is 1.24. The molecule has 1 aromatic heterocycles. The van der Waals surface area contributed by atoms with Crippen LogP contribution < -0.4 is 0 Å². The van der Waals surface area contributed by atoms with Gasteiger partial charge >= 0.3 is 5.97 Å². The van der Waals surface area contributed by atoms with Crippen molar-refractivity contribution in [3.8, 4) is 0 Å². The van der Waals surface area contributed by atoms with Gasteiger partial charge in [0, 0.05) is 6.07 Å². The number of esters is 1. The molecule has 0 atom stereocenters. The van der Waals surface area contributed by atoms with Gasteiger partial charge in [-0.25, -0.2) is 4.79 Å². The molecular formula is C7H7BrO3. The van der Waals surface area contributed by atoms with Gasteiger partial charge in [0.1, 0.15) is 5.76 Å². The summed E-state index contributed by atoms with van der Waals surface area (Å²) in [4.78, 5) is 10.8. The molecule has 0 spiro atoms. The van der Waals surface area contributed by atoms with E-state index < -0.39 is 5.97 Å². The summed E-state index contributed by atoms with van der Waals surface area (Å²) < 4.78 is 10.3. The monoisotopic (exact) mass is 218 g/mol. The Kier molecular flexibility index (Phi) is 2.34. The van der Waals surface area contributed by atoms with E-state index in [1.165, 1.54) is 7.11 Å². The maximum absolute atomic E-state index is 10.8. The number of carbonyl (C=O) groups is 1. The number of ether oxygens (including phenoxy) is 1. The lowest BCUT2D eigenvalue weighted by atomic mass is 10.4.